The average Bonchev–Trinajstić information content (AvgIpc) is 3.34. The molecular weight excluding hydrogens is 426 g/mol. The molecule has 140 valence electrons. The Labute approximate surface area is 170 Å². The van der Waals surface area contributed by atoms with Crippen LogP contribution in [0.2, 0.25) is 0 Å². The number of halogens is 1. The van der Waals surface area contributed by atoms with Crippen molar-refractivity contribution < 1.29 is 4.79 Å². The van der Waals surface area contributed by atoms with E-state index < -0.39 is 0 Å². The molecule has 0 spiro atoms. The van der Waals surface area contributed by atoms with E-state index in [-0.39, 0.29) is 5.91 Å². The Balaban J connectivity index is 1.55. The van der Waals surface area contributed by atoms with Crippen molar-refractivity contribution in [2.24, 2.45) is 0 Å². The molecule has 0 radical (unpaired) electrons. The number of aromatic nitrogens is 4. The van der Waals surface area contributed by atoms with Gasteiger partial charge in [0, 0.05) is 27.6 Å². The number of aryl methyl sites for hydroxylation is 1. The van der Waals surface area contributed by atoms with Crippen molar-refractivity contribution in [2.75, 3.05) is 0 Å². The number of hydrogen-bond donors (Lipinski definition) is 2. The standard InChI is InChI=1S/C19H20BrN5OS/c1-11-9-16(12(2)24(11)14-5-3-13(20)4-6-14)18(26)21-10-17-22-23-19(27)25(17)15-7-8-15/h3-6,9,15H,7-8,10H2,1-2H3,(H,21,26)(H,23,27). The zero-order chi connectivity index (χ0) is 19.1. The number of amides is 1. The number of carbonyl (C=O) groups excluding carboxylic acids is 1. The molecule has 0 unspecified atom stereocenters. The van der Waals surface area contributed by atoms with Crippen LogP contribution >= 0.6 is 28.1 Å². The van der Waals surface area contributed by atoms with Crippen LogP contribution in [-0.4, -0.2) is 25.2 Å². The molecule has 1 aliphatic carbocycles. The molecule has 6 nitrogen and oxygen atoms in total. The molecule has 1 aromatic carbocycles. The first-order valence-corrected chi connectivity index (χ1v) is 10.0. The van der Waals surface area contributed by atoms with Crippen molar-refractivity contribution in [3.8, 4) is 5.69 Å². The van der Waals surface area contributed by atoms with Crippen LogP contribution in [0.4, 0.5) is 0 Å². The highest BCUT2D eigenvalue weighted by molar-refractivity contribution is 9.10. The van der Waals surface area contributed by atoms with Crippen LogP contribution in [0.3, 0.4) is 0 Å². The fourth-order valence-electron chi connectivity index (χ4n) is 3.41. The van der Waals surface area contributed by atoms with Gasteiger partial charge >= 0.3 is 0 Å². The maximum atomic E-state index is 12.8. The summed E-state index contributed by atoms with van der Waals surface area (Å²) in [6.07, 6.45) is 2.23. The third-order valence-corrected chi connectivity index (χ3v) is 5.67. The van der Waals surface area contributed by atoms with Crippen molar-refractivity contribution in [3.05, 3.63) is 62.4 Å². The number of nitrogens with zero attached hydrogens (tertiary/aromatic N) is 3. The highest BCUT2D eigenvalue weighted by Gasteiger charge is 2.27. The predicted octanol–water partition coefficient (Wildman–Crippen LogP) is 4.38. The van der Waals surface area contributed by atoms with E-state index >= 15 is 0 Å². The Hall–Kier alpha value is -2.19. The van der Waals surface area contributed by atoms with Gasteiger partial charge < -0.3 is 9.88 Å². The lowest BCUT2D eigenvalue weighted by Gasteiger charge is -2.10. The first-order valence-electron chi connectivity index (χ1n) is 8.84. The first kappa shape index (κ1) is 18.2. The van der Waals surface area contributed by atoms with Crippen LogP contribution < -0.4 is 5.32 Å². The van der Waals surface area contributed by atoms with E-state index in [4.69, 9.17) is 12.2 Å². The third-order valence-electron chi connectivity index (χ3n) is 4.86. The van der Waals surface area contributed by atoms with Gasteiger partial charge in [0.25, 0.3) is 5.91 Å². The van der Waals surface area contributed by atoms with Crippen molar-refractivity contribution in [2.45, 2.75) is 39.3 Å². The van der Waals surface area contributed by atoms with Gasteiger partial charge in [-0.05, 0) is 69.2 Å². The molecule has 0 atom stereocenters. The minimum Gasteiger partial charge on any atom is -0.345 e. The van der Waals surface area contributed by atoms with Crippen molar-refractivity contribution >= 4 is 34.1 Å². The second-order valence-corrected chi connectivity index (χ2v) is 8.13. The molecular formula is C19H20BrN5OS. The molecule has 1 saturated carbocycles. The minimum atomic E-state index is -0.109. The Morgan fingerprint density at radius 2 is 2.04 bits per heavy atom. The second-order valence-electron chi connectivity index (χ2n) is 6.83. The van der Waals surface area contributed by atoms with Crippen LogP contribution in [0.25, 0.3) is 5.69 Å². The Bertz CT molecular complexity index is 1060. The summed E-state index contributed by atoms with van der Waals surface area (Å²) in [5.74, 6) is 0.667. The third kappa shape index (κ3) is 3.51. The predicted molar refractivity (Wildman–Crippen MR) is 110 cm³/mol. The maximum absolute atomic E-state index is 12.8. The van der Waals surface area contributed by atoms with Crippen molar-refractivity contribution in [1.29, 1.82) is 0 Å². The quantitative estimate of drug-likeness (QED) is 0.572. The summed E-state index contributed by atoms with van der Waals surface area (Å²) < 4.78 is 5.74. The van der Waals surface area contributed by atoms with Crippen LogP contribution in [0.15, 0.2) is 34.8 Å². The summed E-state index contributed by atoms with van der Waals surface area (Å²) in [4.78, 5) is 12.8. The van der Waals surface area contributed by atoms with E-state index in [0.29, 0.717) is 22.9 Å². The molecule has 0 aliphatic heterocycles. The number of carbonyl (C=O) groups is 1. The van der Waals surface area contributed by atoms with Gasteiger partial charge in [-0.15, -0.1) is 0 Å². The van der Waals surface area contributed by atoms with Crippen LogP contribution in [0, 0.1) is 18.6 Å². The highest BCUT2D eigenvalue weighted by atomic mass is 79.9. The molecule has 27 heavy (non-hydrogen) atoms. The topological polar surface area (TPSA) is 67.6 Å². The minimum absolute atomic E-state index is 0.109. The van der Waals surface area contributed by atoms with E-state index in [9.17, 15) is 4.79 Å². The van der Waals surface area contributed by atoms with Gasteiger partial charge in [-0.2, -0.15) is 5.10 Å². The van der Waals surface area contributed by atoms with E-state index in [1.54, 1.807) is 0 Å². The number of aromatic amines is 1. The molecule has 2 heterocycles. The molecule has 1 fully saturated rings. The molecule has 3 aromatic rings. The summed E-state index contributed by atoms with van der Waals surface area (Å²) in [7, 11) is 0. The summed E-state index contributed by atoms with van der Waals surface area (Å²) in [5.41, 5.74) is 3.62. The molecule has 2 aromatic heterocycles. The second kappa shape index (κ2) is 7.09. The summed E-state index contributed by atoms with van der Waals surface area (Å²) in [6.45, 7) is 4.32. The zero-order valence-corrected chi connectivity index (χ0v) is 17.5. The fraction of sp³-hybridized carbons (Fsp3) is 0.316. The molecule has 1 amide bonds. The van der Waals surface area contributed by atoms with Gasteiger partial charge in [-0.1, -0.05) is 15.9 Å². The Morgan fingerprint density at radius 3 is 2.70 bits per heavy atom. The summed E-state index contributed by atoms with van der Waals surface area (Å²) >= 11 is 8.75. The Kier molecular flexibility index (Phi) is 4.77. The molecule has 4 rings (SSSR count). The maximum Gasteiger partial charge on any atom is 0.253 e. The van der Waals surface area contributed by atoms with E-state index in [2.05, 4.69) is 36.0 Å². The summed E-state index contributed by atoms with van der Waals surface area (Å²) in [6, 6.07) is 10.4. The smallest absolute Gasteiger partial charge is 0.253 e. The van der Waals surface area contributed by atoms with Crippen LogP contribution in [-0.2, 0) is 6.54 Å². The van der Waals surface area contributed by atoms with Gasteiger partial charge in [-0.3, -0.25) is 14.5 Å². The number of nitrogens with one attached hydrogen (secondary N) is 2. The molecule has 0 bridgehead atoms. The van der Waals surface area contributed by atoms with E-state index in [0.717, 1.165) is 40.2 Å². The number of rotatable bonds is 5. The van der Waals surface area contributed by atoms with Gasteiger partial charge in [0.2, 0.25) is 0 Å². The lowest BCUT2D eigenvalue weighted by Crippen LogP contribution is -2.25. The van der Waals surface area contributed by atoms with Crippen LogP contribution in [0.1, 0.15) is 46.5 Å². The molecule has 8 heteroatoms. The van der Waals surface area contributed by atoms with Gasteiger partial charge in [0.15, 0.2) is 10.6 Å². The largest absolute Gasteiger partial charge is 0.345 e. The Morgan fingerprint density at radius 1 is 1.33 bits per heavy atom. The molecule has 0 saturated heterocycles. The van der Waals surface area contributed by atoms with Gasteiger partial charge in [0.1, 0.15) is 0 Å². The molecule has 1 aliphatic rings. The average molecular weight is 446 g/mol. The van der Waals surface area contributed by atoms with Crippen LogP contribution in [0.5, 0.6) is 0 Å². The summed E-state index contributed by atoms with van der Waals surface area (Å²) in [5, 5.41) is 10.1. The number of hydrogen-bond acceptors (Lipinski definition) is 3. The highest BCUT2D eigenvalue weighted by Crippen LogP contribution is 2.35. The fourth-order valence-corrected chi connectivity index (χ4v) is 3.97. The van der Waals surface area contributed by atoms with Gasteiger partial charge in [-0.25, -0.2) is 0 Å². The number of H-pyrrole nitrogens is 1. The SMILES string of the molecule is Cc1cc(C(=O)NCc2n[nH]c(=S)n2C2CC2)c(C)n1-c1ccc(Br)cc1. The van der Waals surface area contributed by atoms with E-state index in [1.165, 1.54) is 0 Å². The molecule has 2 N–H and O–H groups in total. The lowest BCUT2D eigenvalue weighted by atomic mass is 10.2. The first-order chi connectivity index (χ1) is 13.0. The van der Waals surface area contributed by atoms with Crippen molar-refractivity contribution in [3.63, 3.8) is 0 Å². The van der Waals surface area contributed by atoms with Gasteiger partial charge in [0.05, 0.1) is 12.1 Å². The lowest BCUT2D eigenvalue weighted by molar-refractivity contribution is 0.0949. The number of benzene rings is 1. The van der Waals surface area contributed by atoms with Crippen molar-refractivity contribution in [1.82, 2.24) is 24.6 Å². The normalized spacial score (nSPS) is 13.7. The zero-order valence-electron chi connectivity index (χ0n) is 15.1. The van der Waals surface area contributed by atoms with E-state index in [1.807, 2.05) is 48.7 Å². The monoisotopic (exact) mass is 445 g/mol.